The fourth-order valence-corrected chi connectivity index (χ4v) is 6.28. The van der Waals surface area contributed by atoms with Gasteiger partial charge in [0.2, 0.25) is 0 Å². The molecule has 166 valence electrons. The summed E-state index contributed by atoms with van der Waals surface area (Å²) in [5.74, 6) is 3.13. The van der Waals surface area contributed by atoms with Gasteiger partial charge in [-0.05, 0) is 69.2 Å². The molecule has 0 spiro atoms. The first-order valence-electron chi connectivity index (χ1n) is 10.5. The van der Waals surface area contributed by atoms with Crippen LogP contribution < -0.4 is 10.1 Å². The van der Waals surface area contributed by atoms with Crippen molar-refractivity contribution in [2.45, 2.75) is 56.3 Å². The van der Waals surface area contributed by atoms with Crippen molar-refractivity contribution >= 4 is 35.5 Å². The third kappa shape index (κ3) is 7.30. The van der Waals surface area contributed by atoms with E-state index in [-0.39, 0.29) is 18.6 Å². The minimum absolute atomic E-state index is 0.0202. The second-order valence-corrected chi connectivity index (χ2v) is 11.3. The Kier molecular flexibility index (Phi) is 8.22. The molecule has 0 atom stereocenters. The SMILES string of the molecule is CC(C)(C)OC(=O)NC1CCN(C(=O)COc2ccc(C3SCCCS3)cc2)CC1. The largest absolute Gasteiger partial charge is 0.484 e. The number of alkyl carbamates (subject to hydrolysis) is 1. The Morgan fingerprint density at radius 1 is 1.10 bits per heavy atom. The molecule has 2 fully saturated rings. The van der Waals surface area contributed by atoms with Crippen LogP contribution in [0.15, 0.2) is 24.3 Å². The second-order valence-electron chi connectivity index (χ2n) is 8.59. The maximum atomic E-state index is 12.5. The van der Waals surface area contributed by atoms with Gasteiger partial charge in [0.1, 0.15) is 11.4 Å². The van der Waals surface area contributed by atoms with Crippen molar-refractivity contribution in [1.82, 2.24) is 10.2 Å². The van der Waals surface area contributed by atoms with Crippen molar-refractivity contribution in [3.8, 4) is 5.75 Å². The Hall–Kier alpha value is -1.54. The van der Waals surface area contributed by atoms with Crippen LogP contribution in [-0.4, -0.2) is 59.7 Å². The summed E-state index contributed by atoms with van der Waals surface area (Å²) in [5, 5.41) is 2.89. The lowest BCUT2D eigenvalue weighted by Crippen LogP contribution is -2.48. The summed E-state index contributed by atoms with van der Waals surface area (Å²) in [4.78, 5) is 26.2. The molecule has 0 saturated carbocycles. The summed E-state index contributed by atoms with van der Waals surface area (Å²) >= 11 is 3.99. The van der Waals surface area contributed by atoms with E-state index in [1.54, 1.807) is 4.90 Å². The number of likely N-dealkylation sites (tertiary alicyclic amines) is 1. The number of carbonyl (C=O) groups is 2. The lowest BCUT2D eigenvalue weighted by atomic mass is 10.1. The van der Waals surface area contributed by atoms with E-state index in [2.05, 4.69) is 17.4 Å². The maximum absolute atomic E-state index is 12.5. The van der Waals surface area contributed by atoms with E-state index in [0.717, 1.165) is 18.6 Å². The molecule has 2 heterocycles. The number of hydrogen-bond donors (Lipinski definition) is 1. The minimum atomic E-state index is -0.510. The van der Waals surface area contributed by atoms with E-state index in [0.29, 0.717) is 17.7 Å². The number of rotatable bonds is 5. The van der Waals surface area contributed by atoms with Crippen molar-refractivity contribution in [3.05, 3.63) is 29.8 Å². The summed E-state index contributed by atoms with van der Waals surface area (Å²) in [6, 6.07) is 8.14. The van der Waals surface area contributed by atoms with Crippen molar-refractivity contribution in [2.24, 2.45) is 0 Å². The molecule has 1 N–H and O–H groups in total. The highest BCUT2D eigenvalue weighted by atomic mass is 32.2. The van der Waals surface area contributed by atoms with Gasteiger partial charge in [-0.1, -0.05) is 12.1 Å². The van der Waals surface area contributed by atoms with Crippen LogP contribution >= 0.6 is 23.5 Å². The minimum Gasteiger partial charge on any atom is -0.484 e. The highest BCUT2D eigenvalue weighted by Gasteiger charge is 2.26. The highest BCUT2D eigenvalue weighted by Crippen LogP contribution is 2.43. The normalized spacial score (nSPS) is 18.7. The van der Waals surface area contributed by atoms with Crippen molar-refractivity contribution in [1.29, 1.82) is 0 Å². The Bertz CT molecular complexity index is 707. The average molecular weight is 453 g/mol. The predicted molar refractivity (Wildman–Crippen MR) is 123 cm³/mol. The molecule has 2 aliphatic heterocycles. The molecule has 0 aliphatic carbocycles. The number of nitrogens with zero attached hydrogens (tertiary/aromatic N) is 1. The Morgan fingerprint density at radius 3 is 2.33 bits per heavy atom. The molecule has 8 heteroatoms. The molecule has 1 aromatic carbocycles. The van der Waals surface area contributed by atoms with Crippen LogP contribution in [0.25, 0.3) is 0 Å². The van der Waals surface area contributed by atoms with Crippen molar-refractivity contribution in [3.63, 3.8) is 0 Å². The molecule has 2 saturated heterocycles. The number of ether oxygens (including phenoxy) is 2. The lowest BCUT2D eigenvalue weighted by molar-refractivity contribution is -0.134. The highest BCUT2D eigenvalue weighted by molar-refractivity contribution is 8.16. The van der Waals surface area contributed by atoms with Gasteiger partial charge in [0.15, 0.2) is 6.61 Å². The summed E-state index contributed by atoms with van der Waals surface area (Å²) in [6.45, 7) is 6.78. The Labute approximate surface area is 187 Å². The molecular formula is C22H32N2O4S2. The first kappa shape index (κ1) is 23.1. The average Bonchev–Trinajstić information content (AvgIpc) is 2.72. The first-order chi connectivity index (χ1) is 14.3. The van der Waals surface area contributed by atoms with E-state index in [1.807, 2.05) is 56.4 Å². The molecule has 0 aromatic heterocycles. The number of thioether (sulfide) groups is 2. The molecule has 1 aromatic rings. The summed E-state index contributed by atoms with van der Waals surface area (Å²) < 4.78 is 11.5. The van der Waals surface area contributed by atoms with Gasteiger partial charge < -0.3 is 19.7 Å². The van der Waals surface area contributed by atoms with Crippen LogP contribution in [-0.2, 0) is 9.53 Å². The van der Waals surface area contributed by atoms with Gasteiger partial charge in [-0.15, -0.1) is 23.5 Å². The Balaban J connectivity index is 1.38. The van der Waals surface area contributed by atoms with Gasteiger partial charge in [-0.2, -0.15) is 0 Å². The number of amides is 2. The van der Waals surface area contributed by atoms with Gasteiger partial charge in [-0.25, -0.2) is 4.79 Å². The number of benzene rings is 1. The number of hydrogen-bond acceptors (Lipinski definition) is 6. The summed E-state index contributed by atoms with van der Waals surface area (Å²) in [5.41, 5.74) is 0.799. The summed E-state index contributed by atoms with van der Waals surface area (Å²) in [6.07, 6.45) is 2.32. The van der Waals surface area contributed by atoms with Crippen molar-refractivity contribution < 1.29 is 19.1 Å². The van der Waals surface area contributed by atoms with Crippen LogP contribution in [0.2, 0.25) is 0 Å². The molecule has 2 amide bonds. The topological polar surface area (TPSA) is 67.9 Å². The van der Waals surface area contributed by atoms with Crippen LogP contribution in [0, 0.1) is 0 Å². The first-order valence-corrected chi connectivity index (χ1v) is 12.6. The quantitative estimate of drug-likeness (QED) is 0.712. The van der Waals surface area contributed by atoms with E-state index in [1.165, 1.54) is 23.5 Å². The lowest BCUT2D eigenvalue weighted by Gasteiger charge is -2.32. The third-order valence-electron chi connectivity index (χ3n) is 4.91. The maximum Gasteiger partial charge on any atom is 0.407 e. The fraction of sp³-hybridized carbons (Fsp3) is 0.636. The van der Waals surface area contributed by atoms with Gasteiger partial charge in [0, 0.05) is 19.1 Å². The van der Waals surface area contributed by atoms with Gasteiger partial charge >= 0.3 is 6.09 Å². The molecule has 30 heavy (non-hydrogen) atoms. The fourth-order valence-electron chi connectivity index (χ4n) is 3.39. The van der Waals surface area contributed by atoms with Gasteiger partial charge in [0.25, 0.3) is 5.91 Å². The smallest absolute Gasteiger partial charge is 0.407 e. The Morgan fingerprint density at radius 2 is 1.73 bits per heavy atom. The second kappa shape index (κ2) is 10.7. The number of piperidine rings is 1. The number of carbonyl (C=O) groups excluding carboxylic acids is 2. The van der Waals surface area contributed by atoms with E-state index >= 15 is 0 Å². The van der Waals surface area contributed by atoms with Crippen LogP contribution in [0.5, 0.6) is 5.75 Å². The molecular weight excluding hydrogens is 420 g/mol. The zero-order valence-corrected chi connectivity index (χ0v) is 19.7. The molecule has 6 nitrogen and oxygen atoms in total. The molecule has 0 unspecified atom stereocenters. The standard InChI is InChI=1S/C22H32N2O4S2/c1-22(2,3)28-21(26)23-17-9-11-24(12-10-17)19(25)15-27-18-7-5-16(6-8-18)20-29-13-4-14-30-20/h5-8,17,20H,4,9-15H2,1-3H3,(H,23,26). The van der Waals surface area contributed by atoms with Gasteiger partial charge in [-0.3, -0.25) is 4.79 Å². The summed E-state index contributed by atoms with van der Waals surface area (Å²) in [7, 11) is 0. The number of nitrogens with one attached hydrogen (secondary N) is 1. The molecule has 0 bridgehead atoms. The molecule has 3 rings (SSSR count). The monoisotopic (exact) mass is 452 g/mol. The predicted octanol–water partition coefficient (Wildman–Crippen LogP) is 4.45. The zero-order chi connectivity index (χ0) is 21.6. The zero-order valence-electron chi connectivity index (χ0n) is 18.0. The van der Waals surface area contributed by atoms with Crippen LogP contribution in [0.3, 0.4) is 0 Å². The van der Waals surface area contributed by atoms with Crippen LogP contribution in [0.1, 0.15) is 50.2 Å². The van der Waals surface area contributed by atoms with E-state index in [4.69, 9.17) is 9.47 Å². The third-order valence-corrected chi connectivity index (χ3v) is 7.93. The van der Waals surface area contributed by atoms with Crippen LogP contribution in [0.4, 0.5) is 4.79 Å². The van der Waals surface area contributed by atoms with Gasteiger partial charge in [0.05, 0.1) is 4.58 Å². The molecule has 2 aliphatic rings. The van der Waals surface area contributed by atoms with Crippen molar-refractivity contribution in [2.75, 3.05) is 31.2 Å². The van der Waals surface area contributed by atoms with E-state index < -0.39 is 11.7 Å². The molecule has 0 radical (unpaired) electrons. The van der Waals surface area contributed by atoms with E-state index in [9.17, 15) is 9.59 Å².